The smallest absolute Gasteiger partial charge is 0.192 e. The Morgan fingerprint density at radius 2 is 1.60 bits per heavy atom. The van der Waals surface area contributed by atoms with Crippen molar-refractivity contribution < 1.29 is 18.4 Å². The predicted molar refractivity (Wildman–Crippen MR) is 132 cm³/mol. The molecular weight excluding hydrogens is 408 g/mol. The SMILES string of the molecule is CC[C@@H](/C=C/[C@H]1OC[C@H](O[Si](C)(C)C(C)(C)C)[C@@H]1CCC=O)O[Si](C)(C)C(C)(C)C. The third-order valence-corrected chi connectivity index (χ3v) is 16.4. The molecule has 1 heterocycles. The van der Waals surface area contributed by atoms with Crippen LogP contribution in [0.25, 0.3) is 0 Å². The summed E-state index contributed by atoms with van der Waals surface area (Å²) >= 11 is 0. The van der Waals surface area contributed by atoms with Gasteiger partial charge in [0.1, 0.15) is 6.29 Å². The largest absolute Gasteiger partial charge is 0.411 e. The number of ether oxygens (including phenoxy) is 1. The molecule has 1 saturated heterocycles. The highest BCUT2D eigenvalue weighted by Gasteiger charge is 2.44. The van der Waals surface area contributed by atoms with E-state index in [1.54, 1.807) is 0 Å². The van der Waals surface area contributed by atoms with Gasteiger partial charge in [-0.05, 0) is 49.1 Å². The Balaban J connectivity index is 2.94. The molecule has 4 nitrogen and oxygen atoms in total. The summed E-state index contributed by atoms with van der Waals surface area (Å²) in [6.07, 6.45) is 7.81. The third kappa shape index (κ3) is 7.40. The summed E-state index contributed by atoms with van der Waals surface area (Å²) in [6.45, 7) is 25.5. The standard InChI is InChI=1S/C24H48O4Si2/c1-12-19(27-29(8,9)23(2,3)4)15-16-21-20(14-13-17-25)22(18-26-21)28-30(10,11)24(5,6)7/h15-17,19-22H,12-14,18H2,1-11H3/b16-15+/t19-,20+,21+,22-/m0/s1. The number of hydrogen-bond donors (Lipinski definition) is 0. The Hall–Kier alpha value is -0.276. The first-order valence-electron chi connectivity index (χ1n) is 11.6. The summed E-state index contributed by atoms with van der Waals surface area (Å²) in [6, 6.07) is 0. The molecule has 6 heteroatoms. The zero-order chi connectivity index (χ0) is 23.4. The van der Waals surface area contributed by atoms with Crippen LogP contribution < -0.4 is 0 Å². The second-order valence-corrected chi connectivity index (χ2v) is 21.3. The summed E-state index contributed by atoms with van der Waals surface area (Å²) < 4.78 is 19.5. The molecule has 4 atom stereocenters. The zero-order valence-electron chi connectivity index (χ0n) is 21.5. The molecule has 1 fully saturated rings. The number of hydrogen-bond acceptors (Lipinski definition) is 4. The fourth-order valence-corrected chi connectivity index (χ4v) is 5.91. The van der Waals surface area contributed by atoms with E-state index in [9.17, 15) is 4.79 Å². The monoisotopic (exact) mass is 456 g/mol. The van der Waals surface area contributed by atoms with Gasteiger partial charge >= 0.3 is 0 Å². The van der Waals surface area contributed by atoms with E-state index in [-0.39, 0.29) is 34.3 Å². The Bertz CT molecular complexity index is 573. The van der Waals surface area contributed by atoms with Gasteiger partial charge in [-0.3, -0.25) is 0 Å². The van der Waals surface area contributed by atoms with Crippen molar-refractivity contribution in [2.75, 3.05) is 6.61 Å². The van der Waals surface area contributed by atoms with Crippen LogP contribution in [0.2, 0.25) is 36.3 Å². The van der Waals surface area contributed by atoms with Gasteiger partial charge in [0.2, 0.25) is 0 Å². The van der Waals surface area contributed by atoms with Gasteiger partial charge in [0.15, 0.2) is 16.6 Å². The highest BCUT2D eigenvalue weighted by molar-refractivity contribution is 6.74. The van der Waals surface area contributed by atoms with E-state index in [1.165, 1.54) is 0 Å². The fraction of sp³-hybridized carbons (Fsp3) is 0.875. The molecule has 1 aliphatic rings. The second kappa shape index (κ2) is 10.6. The van der Waals surface area contributed by atoms with Gasteiger partial charge in [-0.1, -0.05) is 60.6 Å². The molecule has 176 valence electrons. The Labute approximate surface area is 188 Å². The third-order valence-electron chi connectivity index (χ3n) is 7.39. The second-order valence-electron chi connectivity index (χ2n) is 11.8. The molecule has 0 N–H and O–H groups in total. The molecule has 0 amide bonds. The van der Waals surface area contributed by atoms with Crippen LogP contribution in [0.1, 0.15) is 67.7 Å². The van der Waals surface area contributed by atoms with E-state index in [0.717, 1.165) is 19.1 Å². The van der Waals surface area contributed by atoms with Gasteiger partial charge in [-0.15, -0.1) is 0 Å². The predicted octanol–water partition coefficient (Wildman–Crippen LogP) is 6.73. The lowest BCUT2D eigenvalue weighted by Crippen LogP contribution is -2.46. The van der Waals surface area contributed by atoms with E-state index in [2.05, 4.69) is 86.8 Å². The molecule has 1 rings (SSSR count). The van der Waals surface area contributed by atoms with Crippen molar-refractivity contribution in [2.24, 2.45) is 5.92 Å². The van der Waals surface area contributed by atoms with E-state index in [0.29, 0.717) is 13.0 Å². The Morgan fingerprint density at radius 3 is 2.07 bits per heavy atom. The molecule has 0 aromatic rings. The first-order valence-corrected chi connectivity index (χ1v) is 17.5. The highest BCUT2D eigenvalue weighted by atomic mass is 28.4. The number of carbonyl (C=O) groups excluding carboxylic acids is 1. The van der Waals surface area contributed by atoms with Crippen molar-refractivity contribution in [3.8, 4) is 0 Å². The average Bonchev–Trinajstić information content (AvgIpc) is 2.95. The number of aldehydes is 1. The average molecular weight is 457 g/mol. The van der Waals surface area contributed by atoms with Crippen LogP contribution in [-0.4, -0.2) is 47.8 Å². The van der Waals surface area contributed by atoms with Crippen LogP contribution in [0.15, 0.2) is 12.2 Å². The van der Waals surface area contributed by atoms with Crippen molar-refractivity contribution in [3.05, 3.63) is 12.2 Å². The molecule has 0 aromatic heterocycles. The lowest BCUT2D eigenvalue weighted by atomic mass is 9.93. The number of rotatable bonds is 10. The molecule has 0 saturated carbocycles. The van der Waals surface area contributed by atoms with E-state index in [4.69, 9.17) is 13.6 Å². The van der Waals surface area contributed by atoms with Gasteiger partial charge in [0.25, 0.3) is 0 Å². The van der Waals surface area contributed by atoms with Crippen LogP contribution in [0.4, 0.5) is 0 Å². The van der Waals surface area contributed by atoms with Crippen LogP contribution in [0.5, 0.6) is 0 Å². The molecule has 1 aliphatic heterocycles. The van der Waals surface area contributed by atoms with E-state index >= 15 is 0 Å². The van der Waals surface area contributed by atoms with Gasteiger partial charge < -0.3 is 18.4 Å². The first kappa shape index (κ1) is 27.8. The first-order chi connectivity index (χ1) is 13.6. The summed E-state index contributed by atoms with van der Waals surface area (Å²) in [7, 11) is -3.72. The maximum absolute atomic E-state index is 11.1. The lowest BCUT2D eigenvalue weighted by molar-refractivity contribution is -0.108. The topological polar surface area (TPSA) is 44.8 Å². The van der Waals surface area contributed by atoms with Crippen LogP contribution in [0, 0.1) is 5.92 Å². The molecular formula is C24H48O4Si2. The van der Waals surface area contributed by atoms with Crippen molar-refractivity contribution in [1.29, 1.82) is 0 Å². The van der Waals surface area contributed by atoms with Crippen molar-refractivity contribution >= 4 is 22.9 Å². The summed E-state index contributed by atoms with van der Waals surface area (Å²) in [5.41, 5.74) is 0. The molecule has 0 bridgehead atoms. The van der Waals surface area contributed by atoms with Crippen LogP contribution in [0.3, 0.4) is 0 Å². The van der Waals surface area contributed by atoms with Crippen molar-refractivity contribution in [2.45, 2.75) is 122 Å². The maximum atomic E-state index is 11.1. The minimum absolute atomic E-state index is 0.0169. The van der Waals surface area contributed by atoms with Crippen molar-refractivity contribution in [1.82, 2.24) is 0 Å². The van der Waals surface area contributed by atoms with Gasteiger partial charge in [0, 0.05) is 12.3 Å². The molecule has 0 aromatic carbocycles. The van der Waals surface area contributed by atoms with E-state index < -0.39 is 16.6 Å². The normalized spacial score (nSPS) is 25.1. The lowest BCUT2D eigenvalue weighted by Gasteiger charge is -2.39. The van der Waals surface area contributed by atoms with Crippen LogP contribution >= 0.6 is 0 Å². The summed E-state index contributed by atoms with van der Waals surface area (Å²) in [5.74, 6) is 0.214. The molecule has 0 unspecified atom stereocenters. The van der Waals surface area contributed by atoms with Gasteiger partial charge in [-0.2, -0.15) is 0 Å². The van der Waals surface area contributed by atoms with E-state index in [1.807, 2.05) is 0 Å². The quantitative estimate of drug-likeness (QED) is 0.208. The van der Waals surface area contributed by atoms with Gasteiger partial charge in [-0.25, -0.2) is 0 Å². The minimum Gasteiger partial charge on any atom is -0.411 e. The van der Waals surface area contributed by atoms with Crippen LogP contribution in [-0.2, 0) is 18.4 Å². The molecule has 0 aliphatic carbocycles. The minimum atomic E-state index is -1.90. The fourth-order valence-electron chi connectivity index (χ4n) is 3.20. The summed E-state index contributed by atoms with van der Waals surface area (Å²) in [4.78, 5) is 11.1. The highest BCUT2D eigenvalue weighted by Crippen LogP contribution is 2.41. The summed E-state index contributed by atoms with van der Waals surface area (Å²) in [5, 5.41) is 0.340. The molecule has 30 heavy (non-hydrogen) atoms. The maximum Gasteiger partial charge on any atom is 0.192 e. The van der Waals surface area contributed by atoms with Gasteiger partial charge in [0.05, 0.1) is 24.9 Å². The number of carbonyl (C=O) groups is 1. The molecule has 0 spiro atoms. The zero-order valence-corrected chi connectivity index (χ0v) is 23.5. The Kier molecular flexibility index (Phi) is 9.77. The van der Waals surface area contributed by atoms with Crippen molar-refractivity contribution in [3.63, 3.8) is 0 Å². The Morgan fingerprint density at radius 1 is 1.03 bits per heavy atom. The molecule has 0 radical (unpaired) electrons.